The molecule has 0 aromatic heterocycles. The zero-order chi connectivity index (χ0) is 18.5. The van der Waals surface area contributed by atoms with Gasteiger partial charge in [-0.15, -0.1) is 0 Å². The Hall–Kier alpha value is -1.46. The predicted octanol–water partition coefficient (Wildman–Crippen LogP) is 2.55. The van der Waals surface area contributed by atoms with Gasteiger partial charge in [-0.2, -0.15) is 0 Å². The van der Waals surface area contributed by atoms with E-state index < -0.39 is 14.4 Å². The Bertz CT molecular complexity index is 598. The van der Waals surface area contributed by atoms with Crippen LogP contribution in [-0.2, 0) is 4.43 Å². The Morgan fingerprint density at radius 1 is 0.920 bits per heavy atom. The van der Waals surface area contributed by atoms with Crippen molar-refractivity contribution >= 4 is 18.7 Å². The number of hydrogen-bond donors (Lipinski definition) is 2. The summed E-state index contributed by atoms with van der Waals surface area (Å²) in [6.07, 6.45) is -0.688. The van der Waals surface area contributed by atoms with E-state index in [1.807, 2.05) is 43.3 Å². The van der Waals surface area contributed by atoms with Crippen LogP contribution in [0.1, 0.15) is 27.7 Å². The maximum Gasteiger partial charge on any atom is 0.261 e. The molecule has 0 heterocycles. The smallest absolute Gasteiger partial charge is 0.261 e. The molecule has 0 bridgehead atoms. The molecule has 0 saturated carbocycles. The van der Waals surface area contributed by atoms with Gasteiger partial charge in [-0.05, 0) is 15.4 Å². The van der Waals surface area contributed by atoms with E-state index in [4.69, 9.17) is 4.43 Å². The highest BCUT2D eigenvalue weighted by Gasteiger charge is 2.50. The van der Waals surface area contributed by atoms with Crippen molar-refractivity contribution in [2.75, 3.05) is 13.2 Å². The lowest BCUT2D eigenvalue weighted by atomic mass is 10.1. The summed E-state index contributed by atoms with van der Waals surface area (Å²) in [6, 6.07) is 20.7. The van der Waals surface area contributed by atoms with Crippen LogP contribution in [-0.4, -0.2) is 37.8 Å². The third-order valence-electron chi connectivity index (χ3n) is 4.83. The summed E-state index contributed by atoms with van der Waals surface area (Å²) < 4.78 is 6.63. The van der Waals surface area contributed by atoms with Gasteiger partial charge in [0.15, 0.2) is 0 Å². The van der Waals surface area contributed by atoms with E-state index in [0.29, 0.717) is 0 Å². The molecule has 3 nitrogen and oxygen atoms in total. The van der Waals surface area contributed by atoms with Crippen molar-refractivity contribution in [2.45, 2.75) is 38.8 Å². The summed E-state index contributed by atoms with van der Waals surface area (Å²) in [7, 11) is -2.61. The van der Waals surface area contributed by atoms with Gasteiger partial charge in [0, 0.05) is 12.5 Å². The number of benzene rings is 2. The maximum absolute atomic E-state index is 10.4. The topological polar surface area (TPSA) is 49.7 Å². The van der Waals surface area contributed by atoms with Crippen LogP contribution in [0.3, 0.4) is 0 Å². The van der Waals surface area contributed by atoms with Crippen LogP contribution < -0.4 is 10.4 Å². The highest BCUT2D eigenvalue weighted by Crippen LogP contribution is 2.36. The van der Waals surface area contributed by atoms with E-state index in [1.54, 1.807) is 0 Å². The first-order valence-electron chi connectivity index (χ1n) is 8.87. The van der Waals surface area contributed by atoms with Gasteiger partial charge >= 0.3 is 0 Å². The Kier molecular flexibility index (Phi) is 6.57. The first kappa shape index (κ1) is 19.9. The maximum atomic E-state index is 10.4. The molecule has 0 radical (unpaired) electrons. The lowest BCUT2D eigenvalue weighted by Crippen LogP contribution is -2.67. The monoisotopic (exact) mass is 358 g/mol. The minimum absolute atomic E-state index is 0.0503. The van der Waals surface area contributed by atoms with Gasteiger partial charge < -0.3 is 14.6 Å². The number of aliphatic hydroxyl groups is 2. The van der Waals surface area contributed by atoms with E-state index in [2.05, 4.69) is 45.0 Å². The van der Waals surface area contributed by atoms with Crippen LogP contribution >= 0.6 is 0 Å². The van der Waals surface area contributed by atoms with Gasteiger partial charge in [-0.3, -0.25) is 0 Å². The third kappa shape index (κ3) is 4.21. The molecule has 2 N–H and O–H groups in total. The normalized spacial score (nSPS) is 15.0. The molecule has 0 unspecified atom stereocenters. The van der Waals surface area contributed by atoms with Crippen LogP contribution in [0.15, 0.2) is 60.7 Å². The molecule has 0 aliphatic heterocycles. The molecule has 136 valence electrons. The fourth-order valence-electron chi connectivity index (χ4n) is 3.26. The van der Waals surface area contributed by atoms with E-state index in [9.17, 15) is 10.2 Å². The van der Waals surface area contributed by atoms with Crippen molar-refractivity contribution in [3.05, 3.63) is 60.7 Å². The SMILES string of the molecule is C[C@@H](CO)[C@H](O)CO[Si](c1ccccc1)(c1ccccc1)C(C)(C)C. The Morgan fingerprint density at radius 2 is 1.36 bits per heavy atom. The van der Waals surface area contributed by atoms with Crippen LogP contribution in [0.2, 0.25) is 5.04 Å². The summed E-state index contributed by atoms with van der Waals surface area (Å²) in [5, 5.41) is 22.0. The molecule has 0 saturated heterocycles. The summed E-state index contributed by atoms with van der Waals surface area (Å²) in [5.41, 5.74) is 0. The Labute approximate surface area is 152 Å². The molecule has 0 aliphatic rings. The number of rotatable bonds is 7. The molecule has 0 fully saturated rings. The molecular weight excluding hydrogens is 328 g/mol. The molecule has 2 aromatic rings. The molecule has 0 amide bonds. The number of hydrogen-bond acceptors (Lipinski definition) is 3. The second-order valence-electron chi connectivity index (χ2n) is 7.70. The van der Waals surface area contributed by atoms with Crippen molar-refractivity contribution in [3.63, 3.8) is 0 Å². The third-order valence-corrected chi connectivity index (χ3v) is 9.84. The van der Waals surface area contributed by atoms with E-state index >= 15 is 0 Å². The second-order valence-corrected chi connectivity index (χ2v) is 12.0. The van der Waals surface area contributed by atoms with Crippen LogP contribution in [0.25, 0.3) is 0 Å². The Balaban J connectivity index is 2.53. The summed E-state index contributed by atoms with van der Waals surface area (Å²) in [6.45, 7) is 8.63. The summed E-state index contributed by atoms with van der Waals surface area (Å²) >= 11 is 0. The number of aliphatic hydroxyl groups excluding tert-OH is 2. The molecular formula is C21H30O3Si. The van der Waals surface area contributed by atoms with Gasteiger partial charge in [-0.25, -0.2) is 0 Å². The van der Waals surface area contributed by atoms with E-state index in [1.165, 1.54) is 10.4 Å². The standard InChI is InChI=1S/C21H30O3Si/c1-17(15-22)20(23)16-24-25(21(2,3)4,18-11-7-5-8-12-18)19-13-9-6-10-14-19/h5-14,17,20,22-23H,15-16H2,1-4H3/t17-,20+/m0/s1. The highest BCUT2D eigenvalue weighted by molar-refractivity contribution is 6.99. The molecule has 2 atom stereocenters. The lowest BCUT2D eigenvalue weighted by Gasteiger charge is -2.43. The lowest BCUT2D eigenvalue weighted by molar-refractivity contribution is 0.0354. The second kappa shape index (κ2) is 8.28. The minimum atomic E-state index is -2.61. The summed E-state index contributed by atoms with van der Waals surface area (Å²) in [4.78, 5) is 0. The quantitative estimate of drug-likeness (QED) is 0.748. The van der Waals surface area contributed by atoms with E-state index in [0.717, 1.165) is 0 Å². The first-order chi connectivity index (χ1) is 11.8. The van der Waals surface area contributed by atoms with Crippen LogP contribution in [0.5, 0.6) is 0 Å². The van der Waals surface area contributed by atoms with Gasteiger partial charge in [0.25, 0.3) is 8.32 Å². The fourth-order valence-corrected chi connectivity index (χ4v) is 7.83. The first-order valence-corrected chi connectivity index (χ1v) is 10.8. The van der Waals surface area contributed by atoms with Crippen molar-refractivity contribution < 1.29 is 14.6 Å². The highest BCUT2D eigenvalue weighted by atomic mass is 28.4. The van der Waals surface area contributed by atoms with E-state index in [-0.39, 0.29) is 24.2 Å². The molecule has 4 heteroatoms. The van der Waals surface area contributed by atoms with Crippen molar-refractivity contribution in [2.24, 2.45) is 5.92 Å². The molecule has 2 aromatic carbocycles. The van der Waals surface area contributed by atoms with Gasteiger partial charge in [0.2, 0.25) is 0 Å². The van der Waals surface area contributed by atoms with Crippen molar-refractivity contribution in [1.29, 1.82) is 0 Å². The van der Waals surface area contributed by atoms with Crippen molar-refractivity contribution in [1.82, 2.24) is 0 Å². The van der Waals surface area contributed by atoms with Gasteiger partial charge in [0.05, 0.1) is 12.7 Å². The average Bonchev–Trinajstić information content (AvgIpc) is 2.62. The van der Waals surface area contributed by atoms with Crippen LogP contribution in [0.4, 0.5) is 0 Å². The fraction of sp³-hybridized carbons (Fsp3) is 0.429. The average molecular weight is 359 g/mol. The van der Waals surface area contributed by atoms with Crippen LogP contribution in [0, 0.1) is 5.92 Å². The minimum Gasteiger partial charge on any atom is -0.405 e. The van der Waals surface area contributed by atoms with Gasteiger partial charge in [0.1, 0.15) is 0 Å². The molecule has 25 heavy (non-hydrogen) atoms. The molecule has 0 aliphatic carbocycles. The Morgan fingerprint density at radius 3 is 1.72 bits per heavy atom. The molecule has 0 spiro atoms. The summed E-state index contributed by atoms with van der Waals surface area (Å²) in [5.74, 6) is -0.210. The van der Waals surface area contributed by atoms with Crippen molar-refractivity contribution in [3.8, 4) is 0 Å². The largest absolute Gasteiger partial charge is 0.405 e. The zero-order valence-corrected chi connectivity index (χ0v) is 16.6. The molecule has 2 rings (SSSR count). The zero-order valence-electron chi connectivity index (χ0n) is 15.6. The van der Waals surface area contributed by atoms with Gasteiger partial charge in [-0.1, -0.05) is 88.4 Å². The predicted molar refractivity (Wildman–Crippen MR) is 106 cm³/mol.